The van der Waals surface area contributed by atoms with Crippen molar-refractivity contribution in [3.63, 3.8) is 0 Å². The van der Waals surface area contributed by atoms with Gasteiger partial charge in [-0.05, 0) is 36.0 Å². The number of hydrogen-bond acceptors (Lipinski definition) is 4. The molecule has 1 saturated carbocycles. The maximum atomic E-state index is 13.0. The minimum absolute atomic E-state index is 0.104. The molecule has 25 heavy (non-hydrogen) atoms. The monoisotopic (exact) mass is 341 g/mol. The number of aliphatic carboxylic acids is 1. The predicted molar refractivity (Wildman–Crippen MR) is 87.6 cm³/mol. The second kappa shape index (κ2) is 5.72. The van der Waals surface area contributed by atoms with E-state index in [2.05, 4.69) is 0 Å². The van der Waals surface area contributed by atoms with Crippen LogP contribution >= 0.6 is 0 Å². The number of rotatable bonds is 5. The zero-order chi connectivity index (χ0) is 17.7. The van der Waals surface area contributed by atoms with Crippen molar-refractivity contribution in [2.24, 2.45) is 23.7 Å². The summed E-state index contributed by atoms with van der Waals surface area (Å²) in [6.45, 7) is 0. The van der Waals surface area contributed by atoms with Crippen LogP contribution in [0.5, 0.6) is 5.75 Å². The third-order valence-corrected chi connectivity index (χ3v) is 5.66. The number of carboxylic acid groups (broad SMARTS) is 1. The molecule has 130 valence electrons. The van der Waals surface area contributed by atoms with Crippen LogP contribution < -0.4 is 4.74 Å². The van der Waals surface area contributed by atoms with Gasteiger partial charge in [-0.2, -0.15) is 0 Å². The molecule has 6 heteroatoms. The van der Waals surface area contributed by atoms with Crippen LogP contribution in [-0.2, 0) is 14.4 Å². The summed E-state index contributed by atoms with van der Waals surface area (Å²) in [5.74, 6) is -1.41. The molecule has 1 aliphatic heterocycles. The highest BCUT2D eigenvalue weighted by Gasteiger charge is 2.60. The third kappa shape index (κ3) is 2.35. The lowest BCUT2D eigenvalue weighted by molar-refractivity contribution is -0.146. The van der Waals surface area contributed by atoms with Gasteiger partial charge in [-0.1, -0.05) is 24.3 Å². The summed E-state index contributed by atoms with van der Waals surface area (Å²) in [6, 6.07) is 6.10. The molecule has 5 atom stereocenters. The summed E-state index contributed by atoms with van der Waals surface area (Å²) in [6.07, 6.45) is 4.59. The first-order valence-corrected chi connectivity index (χ1v) is 8.42. The topological polar surface area (TPSA) is 83.9 Å². The largest absolute Gasteiger partial charge is 0.497 e. The highest BCUT2D eigenvalue weighted by molar-refractivity contribution is 6.07. The second-order valence-corrected chi connectivity index (χ2v) is 6.94. The molecule has 2 amide bonds. The van der Waals surface area contributed by atoms with Crippen molar-refractivity contribution in [1.82, 2.24) is 4.90 Å². The number of hydrogen-bond donors (Lipinski definition) is 1. The van der Waals surface area contributed by atoms with Gasteiger partial charge in [0.1, 0.15) is 5.75 Å². The smallest absolute Gasteiger partial charge is 0.305 e. The van der Waals surface area contributed by atoms with E-state index in [0.29, 0.717) is 11.3 Å². The summed E-state index contributed by atoms with van der Waals surface area (Å²) in [5.41, 5.74) is 0.601. The molecule has 0 spiro atoms. The van der Waals surface area contributed by atoms with Gasteiger partial charge in [0.2, 0.25) is 11.8 Å². The van der Waals surface area contributed by atoms with E-state index in [4.69, 9.17) is 4.74 Å². The Morgan fingerprint density at radius 3 is 2.44 bits per heavy atom. The first-order valence-electron chi connectivity index (χ1n) is 8.42. The van der Waals surface area contributed by atoms with Crippen LogP contribution in [-0.4, -0.2) is 34.9 Å². The molecule has 0 unspecified atom stereocenters. The predicted octanol–water partition coefficient (Wildman–Crippen LogP) is 2.02. The molecule has 1 saturated heterocycles. The lowest BCUT2D eigenvalue weighted by Crippen LogP contribution is -2.37. The van der Waals surface area contributed by atoms with Crippen LogP contribution in [0.25, 0.3) is 0 Å². The van der Waals surface area contributed by atoms with Crippen LogP contribution in [0.3, 0.4) is 0 Å². The Morgan fingerprint density at radius 1 is 1.24 bits per heavy atom. The van der Waals surface area contributed by atoms with Crippen LogP contribution in [0.15, 0.2) is 36.4 Å². The second-order valence-electron chi connectivity index (χ2n) is 6.94. The van der Waals surface area contributed by atoms with Gasteiger partial charge >= 0.3 is 5.97 Å². The number of fused-ring (bicyclic) bond motifs is 5. The van der Waals surface area contributed by atoms with Crippen molar-refractivity contribution in [2.45, 2.75) is 18.9 Å². The molecule has 1 N–H and O–H groups in total. The highest BCUT2D eigenvalue weighted by Crippen LogP contribution is 2.54. The Kier molecular flexibility index (Phi) is 3.63. The molecule has 1 heterocycles. The molecule has 1 aromatic carbocycles. The number of carboxylic acids is 1. The minimum Gasteiger partial charge on any atom is -0.497 e. The quantitative estimate of drug-likeness (QED) is 0.654. The molecule has 0 radical (unpaired) electrons. The van der Waals surface area contributed by atoms with E-state index in [-0.39, 0.29) is 41.9 Å². The fourth-order valence-electron chi connectivity index (χ4n) is 4.60. The van der Waals surface area contributed by atoms with Gasteiger partial charge in [0.15, 0.2) is 0 Å². The molecule has 4 rings (SSSR count). The fourth-order valence-corrected chi connectivity index (χ4v) is 4.60. The van der Waals surface area contributed by atoms with Crippen LogP contribution in [0.2, 0.25) is 0 Å². The standard InChI is InChI=1S/C19H19NO5/c1-25-13-4-2-3-10(8-13)14(9-15(21)22)20-18(23)16-11-5-6-12(7-11)17(16)19(20)24/h2-6,8,11-12,14,16-17H,7,9H2,1H3,(H,21,22)/t11-,12-,14-,16-,17+/m0/s1. The zero-order valence-corrected chi connectivity index (χ0v) is 13.8. The molecule has 2 bridgehead atoms. The summed E-state index contributed by atoms with van der Waals surface area (Å²) < 4.78 is 5.20. The third-order valence-electron chi connectivity index (χ3n) is 5.66. The molecule has 3 aliphatic rings. The first-order chi connectivity index (χ1) is 12.0. The SMILES string of the molecule is COc1cccc([C@H](CC(=O)O)N2C(=O)[C@@H]3[C@H](C2=O)[C@H]2C=C[C@H]3C2)c1. The molecule has 6 nitrogen and oxygen atoms in total. The van der Waals surface area contributed by atoms with Crippen molar-refractivity contribution in [3.05, 3.63) is 42.0 Å². The maximum absolute atomic E-state index is 13.0. The van der Waals surface area contributed by atoms with Gasteiger partial charge in [-0.3, -0.25) is 19.3 Å². The van der Waals surface area contributed by atoms with Crippen molar-refractivity contribution in [3.8, 4) is 5.75 Å². The number of likely N-dealkylation sites (tertiary alicyclic amines) is 1. The van der Waals surface area contributed by atoms with E-state index in [9.17, 15) is 19.5 Å². The van der Waals surface area contributed by atoms with Gasteiger partial charge < -0.3 is 9.84 Å². The number of methoxy groups -OCH3 is 1. The van der Waals surface area contributed by atoms with Gasteiger partial charge in [-0.15, -0.1) is 0 Å². The van der Waals surface area contributed by atoms with Crippen molar-refractivity contribution < 1.29 is 24.2 Å². The number of allylic oxidation sites excluding steroid dienone is 2. The van der Waals surface area contributed by atoms with Crippen LogP contribution in [0, 0.1) is 23.7 Å². The number of ether oxygens (including phenoxy) is 1. The van der Waals surface area contributed by atoms with E-state index in [1.54, 1.807) is 24.3 Å². The van der Waals surface area contributed by atoms with E-state index in [1.165, 1.54) is 12.0 Å². The highest BCUT2D eigenvalue weighted by atomic mass is 16.5. The molecule has 1 aromatic rings. The van der Waals surface area contributed by atoms with E-state index < -0.39 is 12.0 Å². The average Bonchev–Trinajstić information content (AvgIpc) is 3.27. The van der Waals surface area contributed by atoms with Gasteiger partial charge in [0.25, 0.3) is 0 Å². The summed E-state index contributed by atoms with van der Waals surface area (Å²) in [4.78, 5) is 38.6. The van der Waals surface area contributed by atoms with Gasteiger partial charge in [-0.25, -0.2) is 0 Å². The Labute approximate surface area is 145 Å². The number of nitrogens with zero attached hydrogens (tertiary/aromatic N) is 1. The zero-order valence-electron chi connectivity index (χ0n) is 13.8. The summed E-state index contributed by atoms with van der Waals surface area (Å²) in [7, 11) is 1.52. The van der Waals surface area contributed by atoms with Crippen LogP contribution in [0.1, 0.15) is 24.4 Å². The van der Waals surface area contributed by atoms with E-state index >= 15 is 0 Å². The van der Waals surface area contributed by atoms with Gasteiger partial charge in [0, 0.05) is 0 Å². The summed E-state index contributed by atoms with van der Waals surface area (Å²) in [5, 5.41) is 9.33. The van der Waals surface area contributed by atoms with E-state index in [1.807, 2.05) is 12.2 Å². The average molecular weight is 341 g/mol. The number of carbonyl (C=O) groups is 3. The van der Waals surface area contributed by atoms with Crippen molar-refractivity contribution in [2.75, 3.05) is 7.11 Å². The first kappa shape index (κ1) is 15.9. The number of benzene rings is 1. The number of imide groups is 1. The number of carbonyl (C=O) groups excluding carboxylic acids is 2. The van der Waals surface area contributed by atoms with Crippen molar-refractivity contribution >= 4 is 17.8 Å². The Hall–Kier alpha value is -2.63. The van der Waals surface area contributed by atoms with E-state index in [0.717, 1.165) is 6.42 Å². The lowest BCUT2D eigenvalue weighted by atomic mass is 9.85. The lowest BCUT2D eigenvalue weighted by Gasteiger charge is -2.27. The minimum atomic E-state index is -1.05. The van der Waals surface area contributed by atoms with Gasteiger partial charge in [0.05, 0.1) is 31.4 Å². The fraction of sp³-hybridized carbons (Fsp3) is 0.421. The molecule has 2 aliphatic carbocycles. The molecular formula is C19H19NO5. The Morgan fingerprint density at radius 2 is 1.88 bits per heavy atom. The van der Waals surface area contributed by atoms with Crippen LogP contribution in [0.4, 0.5) is 0 Å². The normalized spacial score (nSPS) is 30.7. The Balaban J connectivity index is 1.72. The number of amides is 2. The van der Waals surface area contributed by atoms with Crippen molar-refractivity contribution in [1.29, 1.82) is 0 Å². The molecule has 2 fully saturated rings. The Bertz CT molecular complexity index is 756. The molecular weight excluding hydrogens is 322 g/mol. The summed E-state index contributed by atoms with van der Waals surface area (Å²) >= 11 is 0. The molecule has 0 aromatic heterocycles. The maximum Gasteiger partial charge on any atom is 0.305 e.